The van der Waals surface area contributed by atoms with E-state index in [-0.39, 0.29) is 4.90 Å². The fourth-order valence-corrected chi connectivity index (χ4v) is 4.10. The van der Waals surface area contributed by atoms with E-state index in [0.29, 0.717) is 16.7 Å². The van der Waals surface area contributed by atoms with Gasteiger partial charge in [-0.05, 0) is 48.5 Å². The van der Waals surface area contributed by atoms with Crippen molar-refractivity contribution in [2.24, 2.45) is 0 Å². The highest BCUT2D eigenvalue weighted by atomic mass is 35.5. The van der Waals surface area contributed by atoms with Crippen molar-refractivity contribution in [3.8, 4) is 0 Å². The molecule has 146 valence electrons. The van der Waals surface area contributed by atoms with E-state index in [2.05, 4.69) is 15.7 Å². The molecule has 0 bridgehead atoms. The van der Waals surface area contributed by atoms with Gasteiger partial charge in [0.1, 0.15) is 5.82 Å². The lowest BCUT2D eigenvalue weighted by Crippen LogP contribution is -2.16. The van der Waals surface area contributed by atoms with Crippen LogP contribution in [0.5, 0.6) is 0 Å². The summed E-state index contributed by atoms with van der Waals surface area (Å²) in [6.07, 6.45) is 0. The first kappa shape index (κ1) is 19.0. The van der Waals surface area contributed by atoms with E-state index in [1.165, 1.54) is 24.3 Å². The number of hydrogen-bond acceptors (Lipinski definition) is 5. The van der Waals surface area contributed by atoms with Crippen LogP contribution in [0.3, 0.4) is 0 Å². The molecule has 1 heterocycles. The molecule has 0 aliphatic carbocycles. The Labute approximate surface area is 173 Å². The highest BCUT2D eigenvalue weighted by Gasteiger charge is 2.23. The van der Waals surface area contributed by atoms with Gasteiger partial charge < -0.3 is 10.6 Å². The van der Waals surface area contributed by atoms with Gasteiger partial charge in [0.2, 0.25) is 0 Å². The van der Waals surface area contributed by atoms with Gasteiger partial charge >= 0.3 is 0 Å². The zero-order valence-electron chi connectivity index (χ0n) is 15.2. The van der Waals surface area contributed by atoms with Crippen LogP contribution in [0.15, 0.2) is 95.9 Å². The molecule has 0 fully saturated rings. The Kier molecular flexibility index (Phi) is 5.24. The lowest BCUT2D eigenvalue weighted by Gasteiger charge is -2.10. The van der Waals surface area contributed by atoms with Crippen LogP contribution in [0.25, 0.3) is 0 Å². The number of nitrogens with zero attached hydrogens (tertiary/aromatic N) is 2. The smallest absolute Gasteiger partial charge is 0.284 e. The third-order valence-corrected chi connectivity index (χ3v) is 5.96. The van der Waals surface area contributed by atoms with Crippen LogP contribution in [0.4, 0.5) is 23.0 Å². The number of anilines is 4. The highest BCUT2D eigenvalue weighted by Crippen LogP contribution is 2.27. The number of halogens is 1. The Morgan fingerprint density at radius 2 is 1.31 bits per heavy atom. The molecule has 3 aromatic carbocycles. The third kappa shape index (κ3) is 4.26. The SMILES string of the molecule is O=S(=O)(c1ccc(Cl)cc1)n1nc(Nc2ccccc2)cc1Nc1ccccc1. The van der Waals surface area contributed by atoms with Crippen molar-refractivity contribution >= 4 is 44.6 Å². The molecule has 0 unspecified atom stereocenters. The average Bonchev–Trinajstić information content (AvgIpc) is 3.13. The molecule has 0 spiro atoms. The molecule has 4 rings (SSSR count). The molecule has 2 N–H and O–H groups in total. The van der Waals surface area contributed by atoms with E-state index in [1.807, 2.05) is 60.7 Å². The zero-order valence-corrected chi connectivity index (χ0v) is 16.7. The van der Waals surface area contributed by atoms with Crippen molar-refractivity contribution in [2.75, 3.05) is 10.6 Å². The molecule has 0 aliphatic rings. The summed E-state index contributed by atoms with van der Waals surface area (Å²) in [6.45, 7) is 0. The molecule has 0 aliphatic heterocycles. The third-order valence-electron chi connectivity index (χ3n) is 4.11. The molecule has 0 saturated carbocycles. The topological polar surface area (TPSA) is 76.0 Å². The van der Waals surface area contributed by atoms with Gasteiger partial charge in [0.15, 0.2) is 5.82 Å². The first-order valence-electron chi connectivity index (χ1n) is 8.78. The molecule has 4 aromatic rings. The molecule has 0 saturated heterocycles. The van der Waals surface area contributed by atoms with Gasteiger partial charge in [-0.15, -0.1) is 9.19 Å². The number of rotatable bonds is 6. The Balaban J connectivity index is 1.76. The van der Waals surface area contributed by atoms with Crippen LogP contribution in [-0.2, 0) is 10.0 Å². The monoisotopic (exact) mass is 424 g/mol. The standard InChI is InChI=1S/C21H17ClN4O2S/c22-16-11-13-19(14-12-16)29(27,28)26-21(24-18-9-5-2-6-10-18)15-20(25-26)23-17-7-3-1-4-8-17/h1-15,24H,(H,23,25). The van der Waals surface area contributed by atoms with Gasteiger partial charge in [0, 0.05) is 22.5 Å². The zero-order chi connectivity index (χ0) is 20.3. The number of aromatic nitrogens is 2. The van der Waals surface area contributed by atoms with Gasteiger partial charge in [-0.3, -0.25) is 0 Å². The maximum absolute atomic E-state index is 13.2. The molecular weight excluding hydrogens is 408 g/mol. The maximum atomic E-state index is 13.2. The lowest BCUT2D eigenvalue weighted by atomic mass is 10.3. The van der Waals surface area contributed by atoms with E-state index in [4.69, 9.17) is 11.6 Å². The Morgan fingerprint density at radius 1 is 0.759 bits per heavy atom. The summed E-state index contributed by atoms with van der Waals surface area (Å²) in [5.74, 6) is 0.705. The first-order valence-corrected chi connectivity index (χ1v) is 10.6. The summed E-state index contributed by atoms with van der Waals surface area (Å²) in [6, 6.07) is 26.3. The summed E-state index contributed by atoms with van der Waals surface area (Å²) < 4.78 is 27.4. The van der Waals surface area contributed by atoms with Crippen LogP contribution >= 0.6 is 11.6 Å². The fraction of sp³-hybridized carbons (Fsp3) is 0. The highest BCUT2D eigenvalue weighted by molar-refractivity contribution is 7.90. The van der Waals surface area contributed by atoms with E-state index in [9.17, 15) is 8.42 Å². The quantitative estimate of drug-likeness (QED) is 0.441. The van der Waals surface area contributed by atoms with Gasteiger partial charge in [-0.25, -0.2) is 0 Å². The van der Waals surface area contributed by atoms with E-state index in [1.54, 1.807) is 6.07 Å². The summed E-state index contributed by atoms with van der Waals surface area (Å²) in [4.78, 5) is 0.0902. The van der Waals surface area contributed by atoms with E-state index < -0.39 is 10.0 Å². The molecular formula is C21H17ClN4O2S. The van der Waals surface area contributed by atoms with Crippen molar-refractivity contribution < 1.29 is 8.42 Å². The van der Waals surface area contributed by atoms with Crippen LogP contribution in [-0.4, -0.2) is 17.6 Å². The molecule has 1 aromatic heterocycles. The van der Waals surface area contributed by atoms with Crippen LogP contribution in [0.2, 0.25) is 5.02 Å². The van der Waals surface area contributed by atoms with E-state index in [0.717, 1.165) is 15.5 Å². The minimum absolute atomic E-state index is 0.0902. The molecule has 0 atom stereocenters. The molecule has 0 amide bonds. The predicted octanol–water partition coefficient (Wildman–Crippen LogP) is 5.26. The minimum Gasteiger partial charge on any atom is -0.339 e. The van der Waals surface area contributed by atoms with E-state index >= 15 is 0 Å². The van der Waals surface area contributed by atoms with Gasteiger partial charge in [-0.2, -0.15) is 8.42 Å². The molecule has 8 heteroatoms. The Bertz CT molecular complexity index is 1210. The van der Waals surface area contributed by atoms with Crippen LogP contribution in [0, 0.1) is 0 Å². The number of benzene rings is 3. The fourth-order valence-electron chi connectivity index (χ4n) is 2.74. The van der Waals surface area contributed by atoms with Gasteiger partial charge in [-0.1, -0.05) is 48.0 Å². The maximum Gasteiger partial charge on any atom is 0.284 e. The van der Waals surface area contributed by atoms with Gasteiger partial charge in [0.05, 0.1) is 4.90 Å². The van der Waals surface area contributed by atoms with Crippen LogP contribution in [0.1, 0.15) is 0 Å². The second-order valence-corrected chi connectivity index (χ2v) is 8.40. The summed E-state index contributed by atoms with van der Waals surface area (Å²) >= 11 is 5.90. The number of para-hydroxylation sites is 2. The minimum atomic E-state index is -3.93. The second kappa shape index (κ2) is 7.98. The second-order valence-electron chi connectivity index (χ2n) is 6.20. The normalized spacial score (nSPS) is 11.2. The van der Waals surface area contributed by atoms with Crippen molar-refractivity contribution in [2.45, 2.75) is 4.90 Å². The molecule has 6 nitrogen and oxygen atoms in total. The molecule has 29 heavy (non-hydrogen) atoms. The number of nitrogens with one attached hydrogen (secondary N) is 2. The summed E-state index contributed by atoms with van der Waals surface area (Å²) in [5.41, 5.74) is 1.54. The van der Waals surface area contributed by atoms with Crippen molar-refractivity contribution in [3.63, 3.8) is 0 Å². The Morgan fingerprint density at radius 3 is 1.90 bits per heavy atom. The lowest BCUT2D eigenvalue weighted by molar-refractivity contribution is 0.581. The van der Waals surface area contributed by atoms with Gasteiger partial charge in [0.25, 0.3) is 10.0 Å². The van der Waals surface area contributed by atoms with Crippen molar-refractivity contribution in [3.05, 3.63) is 96.0 Å². The average molecular weight is 425 g/mol. The Hall–Kier alpha value is -3.29. The number of hydrogen-bond donors (Lipinski definition) is 2. The van der Waals surface area contributed by atoms with Crippen molar-refractivity contribution in [1.29, 1.82) is 0 Å². The predicted molar refractivity (Wildman–Crippen MR) is 116 cm³/mol. The first-order chi connectivity index (χ1) is 14.0. The van der Waals surface area contributed by atoms with Crippen molar-refractivity contribution in [1.82, 2.24) is 9.19 Å². The summed E-state index contributed by atoms with van der Waals surface area (Å²) in [7, 11) is -3.93. The summed E-state index contributed by atoms with van der Waals surface area (Å²) in [5, 5.41) is 11.0. The largest absolute Gasteiger partial charge is 0.339 e. The van der Waals surface area contributed by atoms with Crippen LogP contribution < -0.4 is 10.6 Å². The molecule has 0 radical (unpaired) electrons.